The van der Waals surface area contributed by atoms with Gasteiger partial charge in [0.05, 0.1) is 18.7 Å². The van der Waals surface area contributed by atoms with Gasteiger partial charge in [-0.25, -0.2) is 4.79 Å². The van der Waals surface area contributed by atoms with E-state index in [2.05, 4.69) is 11.4 Å². The summed E-state index contributed by atoms with van der Waals surface area (Å²) >= 11 is 0. The Morgan fingerprint density at radius 1 is 1.21 bits per heavy atom. The number of esters is 1. The molecule has 0 unspecified atom stereocenters. The molecule has 1 aromatic rings. The summed E-state index contributed by atoms with van der Waals surface area (Å²) in [5.41, 5.74) is 0.289. The van der Waals surface area contributed by atoms with Crippen LogP contribution in [-0.4, -0.2) is 42.7 Å². The zero-order valence-electron chi connectivity index (χ0n) is 16.9. The summed E-state index contributed by atoms with van der Waals surface area (Å²) in [6.45, 7) is 0.987. The molecule has 0 radical (unpaired) electrons. The molecule has 0 atom stereocenters. The summed E-state index contributed by atoms with van der Waals surface area (Å²) in [7, 11) is 1.28. The molecular weight excluding hydrogens is 372 g/mol. The maximum atomic E-state index is 13.0. The standard InChI is InChI=1S/C21H28N4O4/c1-29-21(28)16-11-18(24-9-7-15(12-22)8-10-24)20(27)25(13-16)14-19(26)23-17-5-3-2-4-6-17/h11,13,15,17H,2-10,14H2,1H3,(H,23,26). The second kappa shape index (κ2) is 9.59. The van der Waals surface area contributed by atoms with Gasteiger partial charge in [0, 0.05) is 31.2 Å². The average Bonchev–Trinajstić information content (AvgIpc) is 2.75. The first-order valence-electron chi connectivity index (χ1n) is 10.3. The molecule has 2 aliphatic rings. The lowest BCUT2D eigenvalue weighted by atomic mass is 9.95. The normalized spacial score (nSPS) is 18.1. The quantitative estimate of drug-likeness (QED) is 0.756. The van der Waals surface area contributed by atoms with E-state index in [1.165, 1.54) is 30.4 Å². The Labute approximate surface area is 170 Å². The number of amides is 1. The fourth-order valence-electron chi connectivity index (χ4n) is 4.12. The average molecular weight is 400 g/mol. The fraction of sp³-hybridized carbons (Fsp3) is 0.619. The molecule has 1 saturated heterocycles. The van der Waals surface area contributed by atoms with Gasteiger partial charge in [-0.2, -0.15) is 5.26 Å². The predicted molar refractivity (Wildman–Crippen MR) is 108 cm³/mol. The minimum absolute atomic E-state index is 0.0152. The van der Waals surface area contributed by atoms with Crippen LogP contribution in [0.1, 0.15) is 55.3 Å². The molecule has 1 saturated carbocycles. The molecule has 0 aromatic carbocycles. The molecular formula is C21H28N4O4. The second-order valence-corrected chi connectivity index (χ2v) is 7.83. The Bertz CT molecular complexity index is 843. The molecule has 29 heavy (non-hydrogen) atoms. The maximum Gasteiger partial charge on any atom is 0.339 e. The molecule has 2 fully saturated rings. The van der Waals surface area contributed by atoms with Crippen molar-refractivity contribution in [1.82, 2.24) is 9.88 Å². The highest BCUT2D eigenvalue weighted by atomic mass is 16.5. The second-order valence-electron chi connectivity index (χ2n) is 7.83. The number of nitriles is 1. The Hall–Kier alpha value is -2.82. The van der Waals surface area contributed by atoms with E-state index in [0.29, 0.717) is 31.6 Å². The summed E-state index contributed by atoms with van der Waals surface area (Å²) in [6, 6.07) is 3.95. The lowest BCUT2D eigenvalue weighted by Gasteiger charge is -2.31. The molecule has 1 aliphatic carbocycles. The summed E-state index contributed by atoms with van der Waals surface area (Å²) < 4.78 is 6.11. The number of aromatic nitrogens is 1. The van der Waals surface area contributed by atoms with Gasteiger partial charge in [0.15, 0.2) is 0 Å². The lowest BCUT2D eigenvalue weighted by Crippen LogP contribution is -2.42. The Morgan fingerprint density at radius 2 is 1.90 bits per heavy atom. The molecule has 1 aromatic heterocycles. The third kappa shape index (κ3) is 5.17. The fourth-order valence-corrected chi connectivity index (χ4v) is 4.12. The number of nitrogens with zero attached hydrogens (tertiary/aromatic N) is 3. The van der Waals surface area contributed by atoms with Crippen molar-refractivity contribution in [2.24, 2.45) is 5.92 Å². The van der Waals surface area contributed by atoms with Crippen LogP contribution in [0, 0.1) is 17.2 Å². The lowest BCUT2D eigenvalue weighted by molar-refractivity contribution is -0.122. The highest BCUT2D eigenvalue weighted by molar-refractivity contribution is 5.90. The van der Waals surface area contributed by atoms with E-state index >= 15 is 0 Å². The molecule has 2 heterocycles. The van der Waals surface area contributed by atoms with Crippen molar-refractivity contribution < 1.29 is 14.3 Å². The summed E-state index contributed by atoms with van der Waals surface area (Å²) in [5, 5.41) is 12.1. The number of anilines is 1. The minimum Gasteiger partial charge on any atom is -0.465 e. The molecule has 1 aliphatic heterocycles. The van der Waals surface area contributed by atoms with Crippen molar-refractivity contribution >= 4 is 17.6 Å². The van der Waals surface area contributed by atoms with Crippen molar-refractivity contribution in [3.63, 3.8) is 0 Å². The van der Waals surface area contributed by atoms with E-state index in [1.807, 2.05) is 4.90 Å². The van der Waals surface area contributed by atoms with Gasteiger partial charge >= 0.3 is 5.97 Å². The first kappa shape index (κ1) is 20.9. The van der Waals surface area contributed by atoms with Crippen LogP contribution in [0.15, 0.2) is 17.1 Å². The number of hydrogen-bond acceptors (Lipinski definition) is 6. The molecule has 1 N–H and O–H groups in total. The van der Waals surface area contributed by atoms with Crippen LogP contribution in [-0.2, 0) is 16.1 Å². The Balaban J connectivity index is 1.81. The number of carbonyl (C=O) groups is 2. The van der Waals surface area contributed by atoms with Crippen molar-refractivity contribution in [2.75, 3.05) is 25.1 Å². The van der Waals surface area contributed by atoms with Gasteiger partial charge in [-0.1, -0.05) is 19.3 Å². The van der Waals surface area contributed by atoms with Gasteiger partial charge in [0.2, 0.25) is 5.91 Å². The third-order valence-corrected chi connectivity index (χ3v) is 5.79. The number of rotatable bonds is 5. The number of pyridine rings is 1. The number of piperidine rings is 1. The van der Waals surface area contributed by atoms with E-state index in [-0.39, 0.29) is 35.5 Å². The molecule has 8 heteroatoms. The number of ether oxygens (including phenoxy) is 1. The van der Waals surface area contributed by atoms with E-state index in [4.69, 9.17) is 10.00 Å². The van der Waals surface area contributed by atoms with Gasteiger partial charge < -0.3 is 19.5 Å². The number of nitrogens with one attached hydrogen (secondary N) is 1. The predicted octanol–water partition coefficient (Wildman–Crippen LogP) is 1.82. The van der Waals surface area contributed by atoms with E-state index < -0.39 is 5.97 Å². The van der Waals surface area contributed by atoms with Gasteiger partial charge in [0.1, 0.15) is 12.2 Å². The van der Waals surface area contributed by atoms with Gasteiger partial charge in [-0.05, 0) is 31.7 Å². The SMILES string of the molecule is COC(=O)c1cc(N2CCC(C#N)CC2)c(=O)n(CC(=O)NC2CCCCC2)c1. The van der Waals surface area contributed by atoms with Gasteiger partial charge in [0.25, 0.3) is 5.56 Å². The summed E-state index contributed by atoms with van der Waals surface area (Å²) in [6.07, 6.45) is 8.04. The van der Waals surface area contributed by atoms with Crippen molar-refractivity contribution in [1.29, 1.82) is 5.26 Å². The summed E-state index contributed by atoms with van der Waals surface area (Å²) in [4.78, 5) is 39.6. The molecule has 0 spiro atoms. The van der Waals surface area contributed by atoms with E-state index in [1.54, 1.807) is 0 Å². The van der Waals surface area contributed by atoms with Crippen LogP contribution < -0.4 is 15.8 Å². The molecule has 156 valence electrons. The third-order valence-electron chi connectivity index (χ3n) is 5.79. The minimum atomic E-state index is -0.556. The zero-order chi connectivity index (χ0) is 20.8. The van der Waals surface area contributed by atoms with Gasteiger partial charge in [-0.15, -0.1) is 0 Å². The first-order chi connectivity index (χ1) is 14.0. The van der Waals surface area contributed by atoms with Crippen molar-refractivity contribution in [3.8, 4) is 6.07 Å². The summed E-state index contributed by atoms with van der Waals surface area (Å²) in [5.74, 6) is -0.798. The van der Waals surface area contributed by atoms with Gasteiger partial charge in [-0.3, -0.25) is 9.59 Å². The van der Waals surface area contributed by atoms with Crippen LogP contribution in [0.2, 0.25) is 0 Å². The topological polar surface area (TPSA) is 104 Å². The molecule has 8 nitrogen and oxygen atoms in total. The highest BCUT2D eigenvalue weighted by Gasteiger charge is 2.24. The van der Waals surface area contributed by atoms with Crippen LogP contribution >= 0.6 is 0 Å². The van der Waals surface area contributed by atoms with E-state index in [9.17, 15) is 14.4 Å². The Morgan fingerprint density at radius 3 is 2.52 bits per heavy atom. The monoisotopic (exact) mass is 400 g/mol. The maximum absolute atomic E-state index is 13.0. The first-order valence-corrected chi connectivity index (χ1v) is 10.3. The Kier molecular flexibility index (Phi) is 6.91. The molecule has 1 amide bonds. The van der Waals surface area contributed by atoms with Crippen LogP contribution in [0.4, 0.5) is 5.69 Å². The van der Waals surface area contributed by atoms with Crippen molar-refractivity contribution in [3.05, 3.63) is 28.2 Å². The highest BCUT2D eigenvalue weighted by Crippen LogP contribution is 2.22. The number of methoxy groups -OCH3 is 1. The number of carbonyl (C=O) groups excluding carboxylic acids is 2. The van der Waals surface area contributed by atoms with Crippen molar-refractivity contribution in [2.45, 2.75) is 57.5 Å². The molecule has 0 bridgehead atoms. The van der Waals surface area contributed by atoms with Crippen LogP contribution in [0.25, 0.3) is 0 Å². The number of hydrogen-bond donors (Lipinski definition) is 1. The largest absolute Gasteiger partial charge is 0.465 e. The zero-order valence-corrected chi connectivity index (χ0v) is 16.9. The van der Waals surface area contributed by atoms with Crippen LogP contribution in [0.5, 0.6) is 0 Å². The van der Waals surface area contributed by atoms with E-state index in [0.717, 1.165) is 25.7 Å². The van der Waals surface area contributed by atoms with Crippen LogP contribution in [0.3, 0.4) is 0 Å². The smallest absolute Gasteiger partial charge is 0.339 e. The molecule has 3 rings (SSSR count).